The van der Waals surface area contributed by atoms with Crippen molar-refractivity contribution in [2.45, 2.75) is 19.6 Å². The van der Waals surface area contributed by atoms with Gasteiger partial charge in [0, 0.05) is 0 Å². The van der Waals surface area contributed by atoms with Gasteiger partial charge in [-0.1, -0.05) is 41.9 Å². The number of ether oxygens (including phenoxy) is 1. The van der Waals surface area contributed by atoms with Gasteiger partial charge in [0.15, 0.2) is 0 Å². The van der Waals surface area contributed by atoms with E-state index in [-0.39, 0.29) is 6.10 Å². The van der Waals surface area contributed by atoms with E-state index in [0.29, 0.717) is 23.1 Å². The van der Waals surface area contributed by atoms with Crippen LogP contribution in [0.2, 0.25) is 5.02 Å². The highest BCUT2D eigenvalue weighted by Crippen LogP contribution is 2.21. The van der Waals surface area contributed by atoms with Crippen LogP contribution in [0.4, 0.5) is 5.82 Å². The second-order valence-corrected chi connectivity index (χ2v) is 4.44. The van der Waals surface area contributed by atoms with Crippen molar-refractivity contribution in [3.63, 3.8) is 0 Å². The van der Waals surface area contributed by atoms with E-state index in [9.17, 15) is 0 Å². The minimum absolute atomic E-state index is 0.00880. The molecule has 2 rings (SSSR count). The van der Waals surface area contributed by atoms with Crippen LogP contribution in [0.1, 0.15) is 24.3 Å². The highest BCUT2D eigenvalue weighted by Gasteiger charge is 2.08. The van der Waals surface area contributed by atoms with Gasteiger partial charge in [-0.2, -0.15) is 0 Å². The van der Waals surface area contributed by atoms with Crippen molar-refractivity contribution in [1.29, 1.82) is 0 Å². The monoisotopic (exact) mass is 262 g/mol. The molecule has 0 bridgehead atoms. The van der Waals surface area contributed by atoms with Gasteiger partial charge < -0.3 is 10.5 Å². The fraction of sp³-hybridized carbons (Fsp3) is 0.214. The summed E-state index contributed by atoms with van der Waals surface area (Å²) in [6, 6.07) is 13.4. The average molecular weight is 263 g/mol. The van der Waals surface area contributed by atoms with Crippen LogP contribution in [-0.4, -0.2) is 4.98 Å². The molecule has 1 atom stereocenters. The lowest BCUT2D eigenvalue weighted by molar-refractivity contribution is 0.0506. The number of nitrogens with zero attached hydrogens (tertiary/aromatic N) is 1. The quantitative estimate of drug-likeness (QED) is 0.916. The van der Waals surface area contributed by atoms with E-state index < -0.39 is 0 Å². The molecule has 3 nitrogen and oxygen atoms in total. The molecule has 2 aromatic rings. The summed E-state index contributed by atoms with van der Waals surface area (Å²) in [5, 5.41) is 0.574. The van der Waals surface area contributed by atoms with Crippen molar-refractivity contribution in [1.82, 2.24) is 4.98 Å². The maximum Gasteiger partial charge on any atom is 0.123 e. The lowest BCUT2D eigenvalue weighted by Crippen LogP contribution is -2.03. The van der Waals surface area contributed by atoms with Gasteiger partial charge in [0.05, 0.1) is 23.4 Å². The van der Waals surface area contributed by atoms with E-state index in [2.05, 4.69) is 4.98 Å². The molecule has 0 saturated carbocycles. The topological polar surface area (TPSA) is 48.1 Å². The Morgan fingerprint density at radius 1 is 1.22 bits per heavy atom. The van der Waals surface area contributed by atoms with Gasteiger partial charge in [0.1, 0.15) is 5.82 Å². The molecule has 1 aromatic carbocycles. The van der Waals surface area contributed by atoms with Crippen molar-refractivity contribution in [2.75, 3.05) is 5.73 Å². The third-order valence-corrected chi connectivity index (χ3v) is 3.02. The minimum Gasteiger partial charge on any atom is -0.384 e. The Hall–Kier alpha value is -1.58. The molecule has 18 heavy (non-hydrogen) atoms. The third-order valence-electron chi connectivity index (χ3n) is 2.68. The molecule has 0 aliphatic heterocycles. The summed E-state index contributed by atoms with van der Waals surface area (Å²) >= 11 is 6.03. The second kappa shape index (κ2) is 5.85. The molecule has 0 saturated heterocycles. The minimum atomic E-state index is -0.00880. The highest BCUT2D eigenvalue weighted by atomic mass is 35.5. The normalized spacial score (nSPS) is 12.3. The summed E-state index contributed by atoms with van der Waals surface area (Å²) in [6.07, 6.45) is -0.00880. The van der Waals surface area contributed by atoms with Gasteiger partial charge >= 0.3 is 0 Å². The van der Waals surface area contributed by atoms with Crippen LogP contribution in [0.3, 0.4) is 0 Å². The molecule has 94 valence electrons. The lowest BCUT2D eigenvalue weighted by Gasteiger charge is -2.13. The number of benzene rings is 1. The first-order valence-electron chi connectivity index (χ1n) is 5.74. The molecule has 0 radical (unpaired) electrons. The zero-order chi connectivity index (χ0) is 13.0. The number of pyridine rings is 1. The van der Waals surface area contributed by atoms with Crippen LogP contribution in [-0.2, 0) is 11.3 Å². The van der Waals surface area contributed by atoms with Gasteiger partial charge in [0.2, 0.25) is 0 Å². The Morgan fingerprint density at radius 2 is 1.94 bits per heavy atom. The van der Waals surface area contributed by atoms with Crippen molar-refractivity contribution in [3.8, 4) is 0 Å². The summed E-state index contributed by atoms with van der Waals surface area (Å²) in [5.74, 6) is 0.449. The lowest BCUT2D eigenvalue weighted by atomic mass is 10.1. The van der Waals surface area contributed by atoms with Crippen LogP contribution in [0.25, 0.3) is 0 Å². The van der Waals surface area contributed by atoms with Crippen molar-refractivity contribution in [2.24, 2.45) is 0 Å². The molecule has 0 aliphatic rings. The van der Waals surface area contributed by atoms with Crippen molar-refractivity contribution in [3.05, 3.63) is 58.7 Å². The van der Waals surface area contributed by atoms with Crippen LogP contribution in [0, 0.1) is 0 Å². The Bertz CT molecular complexity index is 516. The first kappa shape index (κ1) is 12.9. The molecule has 1 unspecified atom stereocenters. The molecule has 0 amide bonds. The van der Waals surface area contributed by atoms with Crippen LogP contribution >= 0.6 is 11.6 Å². The van der Waals surface area contributed by atoms with Crippen molar-refractivity contribution < 1.29 is 4.74 Å². The highest BCUT2D eigenvalue weighted by molar-refractivity contribution is 6.31. The molecule has 0 aliphatic carbocycles. The van der Waals surface area contributed by atoms with E-state index in [4.69, 9.17) is 22.1 Å². The third kappa shape index (κ3) is 3.22. The van der Waals surface area contributed by atoms with Crippen LogP contribution in [0.15, 0.2) is 42.5 Å². The largest absolute Gasteiger partial charge is 0.384 e. The fourth-order valence-electron chi connectivity index (χ4n) is 1.63. The molecule has 1 heterocycles. The van der Waals surface area contributed by atoms with E-state index in [1.165, 1.54) is 0 Å². The van der Waals surface area contributed by atoms with Crippen LogP contribution < -0.4 is 5.73 Å². The first-order chi connectivity index (χ1) is 8.66. The van der Waals surface area contributed by atoms with E-state index in [1.807, 2.05) is 37.3 Å². The van der Waals surface area contributed by atoms with Crippen LogP contribution in [0.5, 0.6) is 0 Å². The first-order valence-corrected chi connectivity index (χ1v) is 6.12. The maximum atomic E-state index is 6.03. The second-order valence-electron chi connectivity index (χ2n) is 4.03. The van der Waals surface area contributed by atoms with Gasteiger partial charge in [-0.05, 0) is 24.6 Å². The number of halogens is 1. The molecular weight excluding hydrogens is 248 g/mol. The summed E-state index contributed by atoms with van der Waals surface area (Å²) in [6.45, 7) is 2.34. The Labute approximate surface area is 112 Å². The number of aromatic nitrogens is 1. The number of anilines is 1. The van der Waals surface area contributed by atoms with Gasteiger partial charge in [-0.25, -0.2) is 4.98 Å². The standard InChI is InChI=1S/C14H15ClN2O/c1-10(11-5-3-2-4-6-11)18-9-13-12(15)7-8-14(16)17-13/h2-8,10H,9H2,1H3,(H2,16,17). The predicted octanol–water partition coefficient (Wildman–Crippen LogP) is 3.60. The number of hydrogen-bond donors (Lipinski definition) is 1. The van der Waals surface area contributed by atoms with Gasteiger partial charge in [-0.15, -0.1) is 0 Å². The van der Waals surface area contributed by atoms with Gasteiger partial charge in [-0.3, -0.25) is 0 Å². The summed E-state index contributed by atoms with van der Waals surface area (Å²) < 4.78 is 5.75. The molecule has 2 N–H and O–H groups in total. The summed E-state index contributed by atoms with van der Waals surface area (Å²) in [7, 11) is 0. The number of hydrogen-bond acceptors (Lipinski definition) is 3. The van der Waals surface area contributed by atoms with E-state index in [1.54, 1.807) is 12.1 Å². The molecule has 0 fully saturated rings. The Kier molecular flexibility index (Phi) is 4.18. The van der Waals surface area contributed by atoms with Crippen molar-refractivity contribution >= 4 is 17.4 Å². The fourth-order valence-corrected chi connectivity index (χ4v) is 1.79. The molecule has 0 spiro atoms. The predicted molar refractivity (Wildman–Crippen MR) is 73.3 cm³/mol. The maximum absolute atomic E-state index is 6.03. The number of nitrogens with two attached hydrogens (primary N) is 1. The molecular formula is C14H15ClN2O. The molecule has 4 heteroatoms. The summed E-state index contributed by atoms with van der Waals surface area (Å²) in [4.78, 5) is 4.16. The number of nitrogen functional groups attached to an aromatic ring is 1. The Balaban J connectivity index is 2.01. The Morgan fingerprint density at radius 3 is 2.67 bits per heavy atom. The zero-order valence-electron chi connectivity index (χ0n) is 10.1. The zero-order valence-corrected chi connectivity index (χ0v) is 10.9. The smallest absolute Gasteiger partial charge is 0.123 e. The SMILES string of the molecule is CC(OCc1nc(N)ccc1Cl)c1ccccc1. The average Bonchev–Trinajstić information content (AvgIpc) is 2.40. The molecule has 1 aromatic heterocycles. The number of rotatable bonds is 4. The van der Waals surface area contributed by atoms with E-state index >= 15 is 0 Å². The van der Waals surface area contributed by atoms with Gasteiger partial charge in [0.25, 0.3) is 0 Å². The summed E-state index contributed by atoms with van der Waals surface area (Å²) in [5.41, 5.74) is 7.41. The van der Waals surface area contributed by atoms with E-state index in [0.717, 1.165) is 5.56 Å².